The predicted octanol–water partition coefficient (Wildman–Crippen LogP) is 2.98. The molecule has 0 saturated heterocycles. The number of nitrogens with zero attached hydrogens (tertiary/aromatic N) is 4. The Morgan fingerprint density at radius 2 is 1.92 bits per heavy atom. The minimum atomic E-state index is -0.640. The molecule has 0 unspecified atom stereocenters. The number of aromatic nitrogens is 4. The molecule has 1 amide bonds. The van der Waals surface area contributed by atoms with Crippen LogP contribution in [0, 0.1) is 0 Å². The smallest absolute Gasteiger partial charge is 0.236 e. The fraction of sp³-hybridized carbons (Fsp3) is 0.529. The first-order chi connectivity index (χ1) is 11.6. The lowest BCUT2D eigenvalue weighted by atomic mass is 9.95. The van der Waals surface area contributed by atoms with Gasteiger partial charge in [-0.2, -0.15) is 4.68 Å². The van der Waals surface area contributed by atoms with Crippen molar-refractivity contribution in [3.05, 3.63) is 30.3 Å². The second-order valence-corrected chi connectivity index (χ2v) is 8.22. The summed E-state index contributed by atoms with van der Waals surface area (Å²) in [7, 11) is 0. The maximum atomic E-state index is 12.7. The highest BCUT2D eigenvalue weighted by Gasteiger charge is 2.33. The van der Waals surface area contributed by atoms with Crippen molar-refractivity contribution in [3.63, 3.8) is 0 Å². The molecule has 7 heteroatoms. The van der Waals surface area contributed by atoms with Gasteiger partial charge < -0.3 is 5.32 Å². The SMILES string of the molecule is CC(C)(Sc1nnnn1-c1ccccc1)C(=O)NC1CCCCC1. The van der Waals surface area contributed by atoms with Gasteiger partial charge >= 0.3 is 0 Å². The first-order valence-electron chi connectivity index (χ1n) is 8.40. The van der Waals surface area contributed by atoms with Crippen molar-refractivity contribution in [1.29, 1.82) is 0 Å². The standard InChI is InChI=1S/C17H23N5OS/c1-17(2,15(23)18-13-9-5-3-6-10-13)24-16-19-20-21-22(16)14-11-7-4-8-12-14/h4,7-8,11-13H,3,5-6,9-10H2,1-2H3,(H,18,23). The number of hydrogen-bond acceptors (Lipinski definition) is 5. The van der Waals surface area contributed by atoms with E-state index in [1.165, 1.54) is 31.0 Å². The maximum absolute atomic E-state index is 12.7. The summed E-state index contributed by atoms with van der Waals surface area (Å²) in [4.78, 5) is 12.7. The predicted molar refractivity (Wildman–Crippen MR) is 94.1 cm³/mol. The average molecular weight is 345 g/mol. The molecule has 1 aromatic heterocycles. The molecule has 1 heterocycles. The Bertz CT molecular complexity index is 679. The largest absolute Gasteiger partial charge is 0.352 e. The number of amides is 1. The van der Waals surface area contributed by atoms with E-state index in [9.17, 15) is 4.79 Å². The van der Waals surface area contributed by atoms with Crippen molar-refractivity contribution in [3.8, 4) is 5.69 Å². The molecule has 1 aliphatic carbocycles. The van der Waals surface area contributed by atoms with Gasteiger partial charge in [-0.1, -0.05) is 49.2 Å². The molecule has 0 spiro atoms. The zero-order valence-corrected chi connectivity index (χ0v) is 14.9. The molecule has 0 bridgehead atoms. The molecule has 2 aromatic rings. The summed E-state index contributed by atoms with van der Waals surface area (Å²) in [5.74, 6) is 0.0435. The number of hydrogen-bond donors (Lipinski definition) is 1. The van der Waals surface area contributed by atoms with Gasteiger partial charge in [0, 0.05) is 6.04 Å². The molecule has 1 aromatic carbocycles. The van der Waals surface area contributed by atoms with Crippen LogP contribution in [0.4, 0.5) is 0 Å². The summed E-state index contributed by atoms with van der Waals surface area (Å²) >= 11 is 1.39. The van der Waals surface area contributed by atoms with Gasteiger partial charge in [-0.05, 0) is 49.2 Å². The van der Waals surface area contributed by atoms with Crippen LogP contribution in [-0.2, 0) is 4.79 Å². The van der Waals surface area contributed by atoms with Crippen LogP contribution in [0.25, 0.3) is 5.69 Å². The van der Waals surface area contributed by atoms with Gasteiger partial charge in [0.05, 0.1) is 10.4 Å². The van der Waals surface area contributed by atoms with Gasteiger partial charge in [0.1, 0.15) is 0 Å². The van der Waals surface area contributed by atoms with E-state index in [0.717, 1.165) is 18.5 Å². The van der Waals surface area contributed by atoms with Crippen LogP contribution in [-0.4, -0.2) is 36.9 Å². The number of carbonyl (C=O) groups is 1. The summed E-state index contributed by atoms with van der Waals surface area (Å²) in [6, 6.07) is 10.0. The summed E-state index contributed by atoms with van der Waals surface area (Å²) in [6.07, 6.45) is 5.83. The fourth-order valence-electron chi connectivity index (χ4n) is 2.85. The Morgan fingerprint density at radius 1 is 1.21 bits per heavy atom. The highest BCUT2D eigenvalue weighted by molar-refractivity contribution is 8.01. The number of rotatable bonds is 5. The third-order valence-electron chi connectivity index (χ3n) is 4.28. The van der Waals surface area contributed by atoms with Gasteiger partial charge in [0.15, 0.2) is 0 Å². The lowest BCUT2D eigenvalue weighted by molar-refractivity contribution is -0.123. The molecule has 1 saturated carbocycles. The lowest BCUT2D eigenvalue weighted by Gasteiger charge is -2.28. The molecular formula is C17H23N5OS. The van der Waals surface area contributed by atoms with E-state index in [0.29, 0.717) is 11.2 Å². The first-order valence-corrected chi connectivity index (χ1v) is 9.22. The normalized spacial score (nSPS) is 16.1. The highest BCUT2D eigenvalue weighted by atomic mass is 32.2. The van der Waals surface area contributed by atoms with Crippen LogP contribution in [0.15, 0.2) is 35.5 Å². The molecule has 0 radical (unpaired) electrons. The minimum absolute atomic E-state index is 0.0435. The molecule has 6 nitrogen and oxygen atoms in total. The average Bonchev–Trinajstić information content (AvgIpc) is 3.04. The number of benzene rings is 1. The van der Waals surface area contributed by atoms with Crippen LogP contribution < -0.4 is 5.32 Å². The highest BCUT2D eigenvalue weighted by Crippen LogP contribution is 2.32. The molecule has 24 heavy (non-hydrogen) atoms. The lowest BCUT2D eigenvalue weighted by Crippen LogP contribution is -2.45. The van der Waals surface area contributed by atoms with Gasteiger partial charge in [0.25, 0.3) is 0 Å². The zero-order chi connectivity index (χ0) is 17.0. The van der Waals surface area contributed by atoms with Crippen molar-refractivity contribution in [1.82, 2.24) is 25.5 Å². The first kappa shape index (κ1) is 17.0. The van der Waals surface area contributed by atoms with Crippen molar-refractivity contribution in [2.24, 2.45) is 0 Å². The second kappa shape index (κ2) is 7.34. The third kappa shape index (κ3) is 3.95. The Hall–Kier alpha value is -1.89. The van der Waals surface area contributed by atoms with E-state index >= 15 is 0 Å². The van der Waals surface area contributed by atoms with E-state index in [2.05, 4.69) is 20.8 Å². The molecular weight excluding hydrogens is 322 g/mol. The van der Waals surface area contributed by atoms with Crippen LogP contribution >= 0.6 is 11.8 Å². The van der Waals surface area contributed by atoms with E-state index in [1.54, 1.807) is 4.68 Å². The maximum Gasteiger partial charge on any atom is 0.236 e. The van der Waals surface area contributed by atoms with Crippen molar-refractivity contribution in [2.75, 3.05) is 0 Å². The molecule has 0 aliphatic heterocycles. The molecule has 128 valence electrons. The van der Waals surface area contributed by atoms with Crippen LogP contribution in [0.3, 0.4) is 0 Å². The quantitative estimate of drug-likeness (QED) is 0.844. The molecule has 0 atom stereocenters. The second-order valence-electron chi connectivity index (χ2n) is 6.63. The van der Waals surface area contributed by atoms with Crippen LogP contribution in [0.1, 0.15) is 46.0 Å². The Kier molecular flexibility index (Phi) is 5.18. The van der Waals surface area contributed by atoms with Crippen molar-refractivity contribution >= 4 is 17.7 Å². The van der Waals surface area contributed by atoms with E-state index in [1.807, 2.05) is 44.2 Å². The van der Waals surface area contributed by atoms with Crippen molar-refractivity contribution in [2.45, 2.75) is 61.9 Å². The Morgan fingerprint density at radius 3 is 2.62 bits per heavy atom. The number of tetrazole rings is 1. The topological polar surface area (TPSA) is 72.7 Å². The van der Waals surface area contributed by atoms with Gasteiger partial charge in [-0.15, -0.1) is 5.10 Å². The molecule has 3 rings (SSSR count). The van der Waals surface area contributed by atoms with E-state index in [-0.39, 0.29) is 5.91 Å². The summed E-state index contributed by atoms with van der Waals surface area (Å²) in [6.45, 7) is 3.83. The van der Waals surface area contributed by atoms with E-state index in [4.69, 9.17) is 0 Å². The van der Waals surface area contributed by atoms with Crippen LogP contribution in [0.2, 0.25) is 0 Å². The number of para-hydroxylation sites is 1. The molecule has 1 N–H and O–H groups in total. The van der Waals surface area contributed by atoms with Crippen molar-refractivity contribution < 1.29 is 4.79 Å². The molecule has 1 aliphatic rings. The third-order valence-corrected chi connectivity index (χ3v) is 5.41. The summed E-state index contributed by atoms with van der Waals surface area (Å²) in [5.41, 5.74) is 0.883. The number of nitrogens with one attached hydrogen (secondary N) is 1. The van der Waals surface area contributed by atoms with E-state index < -0.39 is 4.75 Å². The number of carbonyl (C=O) groups excluding carboxylic acids is 1. The van der Waals surface area contributed by atoms with Gasteiger partial charge in [-0.3, -0.25) is 4.79 Å². The number of thioether (sulfide) groups is 1. The minimum Gasteiger partial charge on any atom is -0.352 e. The fourth-order valence-corrected chi connectivity index (χ4v) is 3.77. The molecule has 1 fully saturated rings. The van der Waals surface area contributed by atoms with Gasteiger partial charge in [0.2, 0.25) is 11.1 Å². The summed E-state index contributed by atoms with van der Waals surface area (Å²) in [5, 5.41) is 15.7. The monoisotopic (exact) mass is 345 g/mol. The Balaban J connectivity index is 1.70. The zero-order valence-electron chi connectivity index (χ0n) is 14.1. The summed E-state index contributed by atoms with van der Waals surface area (Å²) < 4.78 is 1.03. The van der Waals surface area contributed by atoms with Crippen LogP contribution in [0.5, 0.6) is 0 Å². The Labute approximate surface area is 146 Å². The van der Waals surface area contributed by atoms with Gasteiger partial charge in [-0.25, -0.2) is 0 Å².